The molecule has 4 rings (SSSR count). The first kappa shape index (κ1) is 10.3. The van der Waals surface area contributed by atoms with E-state index in [-0.39, 0.29) is 0 Å². The van der Waals surface area contributed by atoms with Gasteiger partial charge in [0.15, 0.2) is 0 Å². The van der Waals surface area contributed by atoms with Gasteiger partial charge < -0.3 is 9.47 Å². The summed E-state index contributed by atoms with van der Waals surface area (Å²) in [5.74, 6) is -0.580. The van der Waals surface area contributed by atoms with Gasteiger partial charge in [-0.3, -0.25) is 0 Å². The molecule has 0 saturated heterocycles. The van der Waals surface area contributed by atoms with Crippen LogP contribution in [0.2, 0.25) is 0 Å². The van der Waals surface area contributed by atoms with Crippen molar-refractivity contribution in [3.63, 3.8) is 0 Å². The van der Waals surface area contributed by atoms with Crippen molar-refractivity contribution in [1.82, 2.24) is 0 Å². The first-order valence-electron chi connectivity index (χ1n) is 5.82. The molecule has 0 bridgehead atoms. The lowest BCUT2D eigenvalue weighted by molar-refractivity contribution is -0.225. The molecule has 1 spiro atoms. The van der Waals surface area contributed by atoms with Gasteiger partial charge in [0.2, 0.25) is 5.79 Å². The zero-order chi connectivity index (χ0) is 11.3. The lowest BCUT2D eigenvalue weighted by Gasteiger charge is -2.39. The van der Waals surface area contributed by atoms with Crippen molar-refractivity contribution in [1.29, 1.82) is 0 Å². The van der Waals surface area contributed by atoms with Gasteiger partial charge in [-0.25, -0.2) is 0 Å². The fourth-order valence-corrected chi connectivity index (χ4v) is 4.85. The number of hydrogen-bond donors (Lipinski definition) is 0. The van der Waals surface area contributed by atoms with Gasteiger partial charge >= 0.3 is 0 Å². The molecule has 0 radical (unpaired) electrons. The lowest BCUT2D eigenvalue weighted by atomic mass is 9.98. The predicted octanol–water partition coefficient (Wildman–Crippen LogP) is 3.16. The molecule has 0 atom stereocenters. The standard InChI is InChI=1S/C13H12O2S2/c1-5-14-13(11-9(1)3-7-16-11)12-10(2-6-15-13)4-8-17-12/h3-4,7-8H,1-2,5-6H2. The van der Waals surface area contributed by atoms with E-state index in [1.807, 2.05) is 0 Å². The Bertz CT molecular complexity index is 505. The minimum absolute atomic E-state index is 0.580. The molecule has 2 aliphatic rings. The van der Waals surface area contributed by atoms with Crippen LogP contribution in [0.1, 0.15) is 20.9 Å². The molecule has 0 unspecified atom stereocenters. The van der Waals surface area contributed by atoms with Crippen LogP contribution < -0.4 is 0 Å². The topological polar surface area (TPSA) is 18.5 Å². The predicted molar refractivity (Wildman–Crippen MR) is 68.7 cm³/mol. The minimum Gasteiger partial charge on any atom is -0.341 e. The second kappa shape index (κ2) is 3.65. The van der Waals surface area contributed by atoms with E-state index < -0.39 is 5.79 Å². The monoisotopic (exact) mass is 264 g/mol. The summed E-state index contributed by atoms with van der Waals surface area (Å²) in [6.07, 6.45) is 2.01. The second-order valence-corrected chi connectivity index (χ2v) is 6.20. The molecule has 0 amide bonds. The Morgan fingerprint density at radius 1 is 0.882 bits per heavy atom. The molecular weight excluding hydrogens is 252 g/mol. The van der Waals surface area contributed by atoms with Crippen molar-refractivity contribution < 1.29 is 9.47 Å². The van der Waals surface area contributed by atoms with Crippen molar-refractivity contribution in [3.8, 4) is 0 Å². The van der Waals surface area contributed by atoms with Crippen molar-refractivity contribution in [2.24, 2.45) is 0 Å². The molecule has 0 aliphatic carbocycles. The van der Waals surface area contributed by atoms with Crippen LogP contribution in [0.15, 0.2) is 22.9 Å². The van der Waals surface area contributed by atoms with E-state index in [1.54, 1.807) is 22.7 Å². The minimum atomic E-state index is -0.580. The van der Waals surface area contributed by atoms with E-state index in [0.29, 0.717) is 0 Å². The quantitative estimate of drug-likeness (QED) is 0.727. The third-order valence-electron chi connectivity index (χ3n) is 3.44. The third-order valence-corrected chi connectivity index (χ3v) is 5.52. The highest BCUT2D eigenvalue weighted by Crippen LogP contribution is 2.48. The Balaban J connectivity index is 1.96. The largest absolute Gasteiger partial charge is 0.341 e. The summed E-state index contributed by atoms with van der Waals surface area (Å²) in [6, 6.07) is 4.41. The molecule has 2 aromatic heterocycles. The van der Waals surface area contributed by atoms with E-state index in [1.165, 1.54) is 20.9 Å². The fraction of sp³-hybridized carbons (Fsp3) is 0.385. The van der Waals surface area contributed by atoms with Crippen LogP contribution in [0, 0.1) is 0 Å². The van der Waals surface area contributed by atoms with Gasteiger partial charge in [0, 0.05) is 0 Å². The summed E-state index contributed by atoms with van der Waals surface area (Å²) in [5.41, 5.74) is 2.78. The number of hydrogen-bond acceptors (Lipinski definition) is 4. The summed E-state index contributed by atoms with van der Waals surface area (Å²) in [5, 5.41) is 4.29. The van der Waals surface area contributed by atoms with Crippen molar-refractivity contribution in [2.45, 2.75) is 18.6 Å². The highest BCUT2D eigenvalue weighted by atomic mass is 32.1. The average Bonchev–Trinajstić information content (AvgIpc) is 2.97. The molecular formula is C13H12O2S2. The first-order chi connectivity index (χ1) is 8.40. The number of ether oxygens (including phenoxy) is 2. The van der Waals surface area contributed by atoms with Gasteiger partial charge in [-0.15, -0.1) is 22.7 Å². The Morgan fingerprint density at radius 3 is 1.94 bits per heavy atom. The molecule has 0 aromatic carbocycles. The SMILES string of the molecule is c1cc2c(s1)C1(OCC2)OCCc2ccsc21. The summed E-state index contributed by atoms with van der Waals surface area (Å²) >= 11 is 3.51. The van der Waals surface area contributed by atoms with Gasteiger partial charge in [-0.1, -0.05) is 0 Å². The normalized spacial score (nSPS) is 21.2. The molecule has 0 N–H and O–H groups in total. The van der Waals surface area contributed by atoms with Gasteiger partial charge in [0.25, 0.3) is 0 Å². The van der Waals surface area contributed by atoms with Gasteiger partial charge in [-0.2, -0.15) is 0 Å². The van der Waals surface area contributed by atoms with Gasteiger partial charge in [0.05, 0.1) is 23.0 Å². The van der Waals surface area contributed by atoms with Crippen LogP contribution in [-0.4, -0.2) is 13.2 Å². The van der Waals surface area contributed by atoms with E-state index in [2.05, 4.69) is 22.9 Å². The van der Waals surface area contributed by atoms with E-state index in [4.69, 9.17) is 9.47 Å². The van der Waals surface area contributed by atoms with Crippen LogP contribution >= 0.6 is 22.7 Å². The molecule has 88 valence electrons. The Morgan fingerprint density at radius 2 is 1.41 bits per heavy atom. The highest BCUT2D eigenvalue weighted by molar-refractivity contribution is 7.12. The maximum Gasteiger partial charge on any atom is 0.241 e. The van der Waals surface area contributed by atoms with Crippen molar-refractivity contribution in [2.75, 3.05) is 13.2 Å². The van der Waals surface area contributed by atoms with Crippen LogP contribution in [0.3, 0.4) is 0 Å². The average molecular weight is 264 g/mol. The van der Waals surface area contributed by atoms with E-state index >= 15 is 0 Å². The molecule has 0 fully saturated rings. The maximum atomic E-state index is 6.07. The smallest absolute Gasteiger partial charge is 0.241 e. The molecule has 2 nitrogen and oxygen atoms in total. The molecule has 0 saturated carbocycles. The van der Waals surface area contributed by atoms with Crippen LogP contribution in [0.4, 0.5) is 0 Å². The van der Waals surface area contributed by atoms with Gasteiger partial charge in [0.1, 0.15) is 0 Å². The summed E-state index contributed by atoms with van der Waals surface area (Å²) < 4.78 is 12.1. The van der Waals surface area contributed by atoms with Crippen molar-refractivity contribution >= 4 is 22.7 Å². The second-order valence-electron chi connectivity index (χ2n) is 4.36. The number of thiophene rings is 2. The summed E-state index contributed by atoms with van der Waals surface area (Å²) in [4.78, 5) is 2.51. The van der Waals surface area contributed by atoms with Crippen molar-refractivity contribution in [3.05, 3.63) is 43.8 Å². The van der Waals surface area contributed by atoms with Crippen LogP contribution in [0.25, 0.3) is 0 Å². The summed E-state index contributed by atoms with van der Waals surface area (Å²) in [7, 11) is 0. The molecule has 2 aliphatic heterocycles. The number of rotatable bonds is 0. The Kier molecular flexibility index (Phi) is 2.21. The van der Waals surface area contributed by atoms with Crippen LogP contribution in [-0.2, 0) is 28.1 Å². The van der Waals surface area contributed by atoms with E-state index in [0.717, 1.165) is 26.1 Å². The molecule has 4 heterocycles. The molecule has 4 heteroatoms. The van der Waals surface area contributed by atoms with Gasteiger partial charge in [-0.05, 0) is 46.9 Å². The number of fused-ring (bicyclic) bond motifs is 4. The zero-order valence-electron chi connectivity index (χ0n) is 9.27. The summed E-state index contributed by atoms with van der Waals surface area (Å²) in [6.45, 7) is 1.50. The first-order valence-corrected chi connectivity index (χ1v) is 7.58. The maximum absolute atomic E-state index is 6.07. The van der Waals surface area contributed by atoms with Crippen LogP contribution in [0.5, 0.6) is 0 Å². The molecule has 2 aromatic rings. The Labute approximate surface area is 108 Å². The van der Waals surface area contributed by atoms with E-state index in [9.17, 15) is 0 Å². The fourth-order valence-electron chi connectivity index (χ4n) is 2.66. The molecule has 17 heavy (non-hydrogen) atoms. The Hall–Kier alpha value is -0.680. The third kappa shape index (κ3) is 1.32. The highest BCUT2D eigenvalue weighted by Gasteiger charge is 2.46. The lowest BCUT2D eigenvalue weighted by Crippen LogP contribution is -2.41. The zero-order valence-corrected chi connectivity index (χ0v) is 10.9.